The lowest BCUT2D eigenvalue weighted by Crippen LogP contribution is -2.17. The summed E-state index contributed by atoms with van der Waals surface area (Å²) in [6.45, 7) is 5.66. The Morgan fingerprint density at radius 3 is 2.59 bits per heavy atom. The van der Waals surface area contributed by atoms with E-state index in [0.717, 1.165) is 10.2 Å². The molecule has 0 radical (unpaired) electrons. The van der Waals surface area contributed by atoms with Gasteiger partial charge < -0.3 is 5.32 Å². The number of nitrogens with one attached hydrogen (secondary N) is 1. The van der Waals surface area contributed by atoms with Crippen molar-refractivity contribution in [3.05, 3.63) is 40.0 Å². The fourth-order valence-corrected chi connectivity index (χ4v) is 1.48. The molecule has 0 spiro atoms. The van der Waals surface area contributed by atoms with Crippen molar-refractivity contribution in [3.8, 4) is 0 Å². The second kappa shape index (κ2) is 5.69. The van der Waals surface area contributed by atoms with Crippen molar-refractivity contribution in [3.63, 3.8) is 0 Å². The highest BCUT2D eigenvalue weighted by Gasteiger charge is 2.17. The first-order valence-electron chi connectivity index (χ1n) is 5.23. The van der Waals surface area contributed by atoms with E-state index in [1.807, 2.05) is 32.9 Å². The topological polar surface area (TPSA) is 29.1 Å². The normalized spacial score (nSPS) is 11.8. The van der Waals surface area contributed by atoms with Crippen molar-refractivity contribution in [2.24, 2.45) is 5.41 Å². The van der Waals surface area contributed by atoms with Crippen LogP contribution < -0.4 is 5.32 Å². The smallest absolute Gasteiger partial charge is 0.162 e. The molecule has 0 atom stereocenters. The lowest BCUT2D eigenvalue weighted by molar-refractivity contribution is -0.121. The van der Waals surface area contributed by atoms with Crippen LogP contribution >= 0.6 is 27.5 Å². The molecule has 2 nitrogen and oxygen atoms in total. The lowest BCUT2D eigenvalue weighted by Gasteiger charge is -2.13. The van der Waals surface area contributed by atoms with E-state index in [1.54, 1.807) is 12.3 Å². The van der Waals surface area contributed by atoms with Gasteiger partial charge in [0.25, 0.3) is 0 Å². The number of ketones is 1. The monoisotopic (exact) mass is 315 g/mol. The van der Waals surface area contributed by atoms with Gasteiger partial charge in [0.1, 0.15) is 0 Å². The Morgan fingerprint density at radius 2 is 2.06 bits per heavy atom. The summed E-state index contributed by atoms with van der Waals surface area (Å²) in [4.78, 5) is 11.6. The van der Waals surface area contributed by atoms with Gasteiger partial charge in [0.2, 0.25) is 0 Å². The molecule has 0 aliphatic heterocycles. The van der Waals surface area contributed by atoms with Crippen molar-refractivity contribution >= 4 is 39.0 Å². The molecule has 1 rings (SSSR count). The number of hydrogen-bond donors (Lipinski definition) is 1. The van der Waals surface area contributed by atoms with Gasteiger partial charge in [-0.05, 0) is 40.2 Å². The summed E-state index contributed by atoms with van der Waals surface area (Å²) in [6.07, 6.45) is 3.17. The van der Waals surface area contributed by atoms with Gasteiger partial charge in [0, 0.05) is 21.8 Å². The van der Waals surface area contributed by atoms with E-state index < -0.39 is 0 Å². The third-order valence-corrected chi connectivity index (χ3v) is 3.38. The van der Waals surface area contributed by atoms with Crippen LogP contribution in [0.25, 0.3) is 0 Å². The number of rotatable bonds is 3. The first kappa shape index (κ1) is 14.3. The molecular weight excluding hydrogens is 302 g/mol. The van der Waals surface area contributed by atoms with Gasteiger partial charge in [0.05, 0.1) is 5.02 Å². The first-order valence-corrected chi connectivity index (χ1v) is 6.40. The third-order valence-electron chi connectivity index (χ3n) is 2.14. The van der Waals surface area contributed by atoms with Crippen LogP contribution in [-0.4, -0.2) is 5.78 Å². The summed E-state index contributed by atoms with van der Waals surface area (Å²) in [7, 11) is 0. The van der Waals surface area contributed by atoms with Crippen molar-refractivity contribution in [1.29, 1.82) is 0 Å². The van der Waals surface area contributed by atoms with E-state index in [4.69, 9.17) is 11.6 Å². The highest BCUT2D eigenvalue weighted by Crippen LogP contribution is 2.25. The van der Waals surface area contributed by atoms with Crippen LogP contribution in [0.1, 0.15) is 20.8 Å². The second-order valence-electron chi connectivity index (χ2n) is 4.72. The minimum absolute atomic E-state index is 0.0770. The molecule has 0 aliphatic carbocycles. The quantitative estimate of drug-likeness (QED) is 0.823. The Balaban J connectivity index is 2.65. The van der Waals surface area contributed by atoms with E-state index in [9.17, 15) is 4.79 Å². The third kappa shape index (κ3) is 4.52. The number of anilines is 1. The van der Waals surface area contributed by atoms with Gasteiger partial charge >= 0.3 is 0 Å². The average Bonchev–Trinajstić information content (AvgIpc) is 2.22. The van der Waals surface area contributed by atoms with Crippen molar-refractivity contribution in [2.75, 3.05) is 5.32 Å². The van der Waals surface area contributed by atoms with Crippen LogP contribution in [0.15, 0.2) is 34.9 Å². The Kier molecular flexibility index (Phi) is 4.78. The van der Waals surface area contributed by atoms with Crippen LogP contribution in [0.2, 0.25) is 5.02 Å². The number of carbonyl (C=O) groups excluding carboxylic acids is 1. The lowest BCUT2D eigenvalue weighted by atomic mass is 9.91. The first-order chi connectivity index (χ1) is 7.80. The van der Waals surface area contributed by atoms with E-state index in [1.165, 1.54) is 6.08 Å². The summed E-state index contributed by atoms with van der Waals surface area (Å²) >= 11 is 9.26. The van der Waals surface area contributed by atoms with Crippen LogP contribution in [0, 0.1) is 5.41 Å². The molecule has 92 valence electrons. The van der Waals surface area contributed by atoms with Crippen LogP contribution in [-0.2, 0) is 4.79 Å². The molecule has 0 heterocycles. The van der Waals surface area contributed by atoms with Gasteiger partial charge in [-0.1, -0.05) is 32.4 Å². The molecule has 0 bridgehead atoms. The fraction of sp³-hybridized carbons (Fsp3) is 0.308. The Morgan fingerprint density at radius 1 is 1.41 bits per heavy atom. The highest BCUT2D eigenvalue weighted by atomic mass is 79.9. The summed E-state index contributed by atoms with van der Waals surface area (Å²) in [5.41, 5.74) is 0.492. The maximum Gasteiger partial charge on any atom is 0.162 e. The molecule has 1 N–H and O–H groups in total. The molecule has 0 fully saturated rings. The second-order valence-corrected chi connectivity index (χ2v) is 5.98. The summed E-state index contributed by atoms with van der Waals surface area (Å²) in [5.74, 6) is 0.0770. The molecule has 17 heavy (non-hydrogen) atoms. The van der Waals surface area contributed by atoms with E-state index >= 15 is 0 Å². The zero-order chi connectivity index (χ0) is 13.1. The Hall–Kier alpha value is -0.800. The van der Waals surface area contributed by atoms with E-state index in [0.29, 0.717) is 5.02 Å². The van der Waals surface area contributed by atoms with Crippen LogP contribution in [0.4, 0.5) is 5.69 Å². The van der Waals surface area contributed by atoms with E-state index in [2.05, 4.69) is 21.2 Å². The predicted octanol–water partition coefficient (Wildman–Crippen LogP) is 4.64. The summed E-state index contributed by atoms with van der Waals surface area (Å²) in [6, 6.07) is 5.52. The maximum absolute atomic E-state index is 11.6. The van der Waals surface area contributed by atoms with Gasteiger partial charge in [-0.25, -0.2) is 0 Å². The van der Waals surface area contributed by atoms with Gasteiger partial charge in [-0.15, -0.1) is 0 Å². The predicted molar refractivity (Wildman–Crippen MR) is 76.4 cm³/mol. The van der Waals surface area contributed by atoms with Crippen molar-refractivity contribution in [2.45, 2.75) is 20.8 Å². The Labute approximate surface area is 115 Å². The number of hydrogen-bond acceptors (Lipinski definition) is 2. The van der Waals surface area contributed by atoms with Gasteiger partial charge in [-0.2, -0.15) is 0 Å². The number of benzene rings is 1. The van der Waals surface area contributed by atoms with Crippen molar-refractivity contribution < 1.29 is 4.79 Å². The minimum Gasteiger partial charge on any atom is -0.362 e. The number of halogens is 2. The summed E-state index contributed by atoms with van der Waals surface area (Å²) in [5, 5.41) is 3.64. The standard InChI is InChI=1S/C13H15BrClNO/c1-13(2,3)12(17)6-7-16-9-4-5-10(14)11(15)8-9/h4-8,16H,1-3H3. The van der Waals surface area contributed by atoms with Crippen LogP contribution in [0.3, 0.4) is 0 Å². The maximum atomic E-state index is 11.6. The molecule has 0 amide bonds. The average molecular weight is 317 g/mol. The molecule has 0 unspecified atom stereocenters. The van der Waals surface area contributed by atoms with Gasteiger partial charge in [0.15, 0.2) is 5.78 Å². The zero-order valence-corrected chi connectivity index (χ0v) is 12.4. The zero-order valence-electron chi connectivity index (χ0n) is 10.1. The number of allylic oxidation sites excluding steroid dienone is 1. The molecule has 0 saturated carbocycles. The summed E-state index contributed by atoms with van der Waals surface area (Å²) < 4.78 is 0.847. The minimum atomic E-state index is -0.352. The molecule has 1 aromatic rings. The van der Waals surface area contributed by atoms with Crippen LogP contribution in [0.5, 0.6) is 0 Å². The fourth-order valence-electron chi connectivity index (χ4n) is 1.05. The molecule has 4 heteroatoms. The molecule has 0 aromatic heterocycles. The Bertz CT molecular complexity index is 449. The SMILES string of the molecule is CC(C)(C)C(=O)C=CNc1ccc(Br)c(Cl)c1. The van der Waals surface area contributed by atoms with Crippen molar-refractivity contribution in [1.82, 2.24) is 0 Å². The largest absolute Gasteiger partial charge is 0.362 e. The van der Waals surface area contributed by atoms with E-state index in [-0.39, 0.29) is 11.2 Å². The molecular formula is C13H15BrClNO. The highest BCUT2D eigenvalue weighted by molar-refractivity contribution is 9.10. The molecule has 1 aromatic carbocycles. The number of carbonyl (C=O) groups is 1. The molecule has 0 aliphatic rings. The molecule has 0 saturated heterocycles. The van der Waals surface area contributed by atoms with Gasteiger partial charge in [-0.3, -0.25) is 4.79 Å².